The minimum atomic E-state index is -0.197. The Bertz CT molecular complexity index is 407. The molecule has 0 aromatic heterocycles. The summed E-state index contributed by atoms with van der Waals surface area (Å²) in [6, 6.07) is 5.50. The lowest BCUT2D eigenvalue weighted by molar-refractivity contribution is 0.242. The van der Waals surface area contributed by atoms with Gasteiger partial charge in [0.15, 0.2) is 11.5 Å². The number of hydrogen-bond donors (Lipinski definition) is 2. The molecule has 0 aliphatic carbocycles. The Labute approximate surface area is 100 Å². The molecule has 92 valence electrons. The number of rotatable bonds is 2. The third-order valence-electron chi connectivity index (χ3n) is 2.49. The highest BCUT2D eigenvalue weighted by Gasteiger charge is 2.10. The Morgan fingerprint density at radius 2 is 2.06 bits per heavy atom. The summed E-state index contributed by atoms with van der Waals surface area (Å²) < 4.78 is 11.1. The predicted molar refractivity (Wildman–Crippen MR) is 63.3 cm³/mol. The molecule has 1 aliphatic heterocycles. The second-order valence-electron chi connectivity index (χ2n) is 3.76. The van der Waals surface area contributed by atoms with Crippen LogP contribution in [-0.2, 0) is 6.54 Å². The Balaban J connectivity index is 2.04. The van der Waals surface area contributed by atoms with Crippen LogP contribution in [0.3, 0.4) is 0 Å². The van der Waals surface area contributed by atoms with Gasteiger partial charge in [0, 0.05) is 20.0 Å². The van der Waals surface area contributed by atoms with E-state index in [-0.39, 0.29) is 6.03 Å². The summed E-state index contributed by atoms with van der Waals surface area (Å²) in [5.41, 5.74) is 0.984. The van der Waals surface area contributed by atoms with E-state index in [0.717, 1.165) is 23.5 Å². The first-order chi connectivity index (χ1) is 8.29. The third kappa shape index (κ3) is 3.03. The van der Waals surface area contributed by atoms with Crippen LogP contribution < -0.4 is 20.1 Å². The molecule has 0 unspecified atom stereocenters. The Kier molecular flexibility index (Phi) is 3.69. The number of carbonyl (C=O) groups is 1. The van der Waals surface area contributed by atoms with Crippen molar-refractivity contribution in [3.05, 3.63) is 23.8 Å². The molecule has 1 heterocycles. The smallest absolute Gasteiger partial charge is 0.314 e. The fourth-order valence-electron chi connectivity index (χ4n) is 1.59. The maximum atomic E-state index is 11.1. The number of hydrogen-bond acceptors (Lipinski definition) is 3. The van der Waals surface area contributed by atoms with Crippen LogP contribution >= 0.6 is 0 Å². The molecule has 0 bridgehead atoms. The van der Waals surface area contributed by atoms with Gasteiger partial charge in [0.2, 0.25) is 0 Å². The maximum absolute atomic E-state index is 11.1. The SMILES string of the molecule is CNC(=O)NCc1ccc2c(c1)OCCCO2. The monoisotopic (exact) mass is 236 g/mol. The Morgan fingerprint density at radius 3 is 2.82 bits per heavy atom. The van der Waals surface area contributed by atoms with Gasteiger partial charge in [-0.15, -0.1) is 0 Å². The number of amides is 2. The number of carbonyl (C=O) groups excluding carboxylic acids is 1. The van der Waals surface area contributed by atoms with E-state index in [1.54, 1.807) is 7.05 Å². The summed E-state index contributed by atoms with van der Waals surface area (Å²) in [4.78, 5) is 11.1. The molecule has 0 atom stereocenters. The summed E-state index contributed by atoms with van der Waals surface area (Å²) in [5, 5.41) is 5.23. The molecule has 0 saturated heterocycles. The molecule has 0 saturated carbocycles. The van der Waals surface area contributed by atoms with Crippen LogP contribution in [-0.4, -0.2) is 26.3 Å². The number of ether oxygens (including phenoxy) is 2. The minimum absolute atomic E-state index is 0.197. The van der Waals surface area contributed by atoms with Gasteiger partial charge in [0.05, 0.1) is 13.2 Å². The minimum Gasteiger partial charge on any atom is -0.490 e. The first kappa shape index (κ1) is 11.6. The van der Waals surface area contributed by atoms with Crippen molar-refractivity contribution in [2.24, 2.45) is 0 Å². The van der Waals surface area contributed by atoms with Crippen molar-refractivity contribution in [2.75, 3.05) is 20.3 Å². The molecule has 1 aromatic carbocycles. The van der Waals surface area contributed by atoms with Crippen molar-refractivity contribution in [3.63, 3.8) is 0 Å². The van der Waals surface area contributed by atoms with Crippen LogP contribution in [0.1, 0.15) is 12.0 Å². The van der Waals surface area contributed by atoms with E-state index in [0.29, 0.717) is 19.8 Å². The van der Waals surface area contributed by atoms with Crippen molar-refractivity contribution < 1.29 is 14.3 Å². The molecule has 5 nitrogen and oxygen atoms in total. The van der Waals surface area contributed by atoms with Crippen molar-refractivity contribution in [2.45, 2.75) is 13.0 Å². The van der Waals surface area contributed by atoms with E-state index in [4.69, 9.17) is 9.47 Å². The first-order valence-corrected chi connectivity index (χ1v) is 5.63. The number of fused-ring (bicyclic) bond motifs is 1. The fourth-order valence-corrected chi connectivity index (χ4v) is 1.59. The molecule has 0 fully saturated rings. The lowest BCUT2D eigenvalue weighted by Gasteiger charge is -2.10. The summed E-state index contributed by atoms with van der Waals surface area (Å²) in [5.74, 6) is 1.52. The van der Waals surface area contributed by atoms with Gasteiger partial charge < -0.3 is 20.1 Å². The van der Waals surface area contributed by atoms with Crippen LogP contribution in [0, 0.1) is 0 Å². The van der Waals surface area contributed by atoms with E-state index < -0.39 is 0 Å². The summed E-state index contributed by atoms with van der Waals surface area (Å²) in [6.07, 6.45) is 0.889. The second kappa shape index (κ2) is 5.43. The molecular formula is C12H16N2O3. The Hall–Kier alpha value is -1.91. The standard InChI is InChI=1S/C12H16N2O3/c1-13-12(15)14-8-9-3-4-10-11(7-9)17-6-2-5-16-10/h3-4,7H,2,5-6,8H2,1H3,(H2,13,14,15). The topological polar surface area (TPSA) is 59.6 Å². The zero-order chi connectivity index (χ0) is 12.1. The second-order valence-corrected chi connectivity index (χ2v) is 3.76. The average Bonchev–Trinajstić information content (AvgIpc) is 2.60. The normalized spacial score (nSPS) is 13.7. The van der Waals surface area contributed by atoms with E-state index in [1.165, 1.54) is 0 Å². The molecule has 5 heteroatoms. The van der Waals surface area contributed by atoms with Gasteiger partial charge in [-0.3, -0.25) is 0 Å². The fraction of sp³-hybridized carbons (Fsp3) is 0.417. The highest BCUT2D eigenvalue weighted by atomic mass is 16.5. The van der Waals surface area contributed by atoms with Gasteiger partial charge in [-0.1, -0.05) is 6.07 Å². The molecule has 2 amide bonds. The van der Waals surface area contributed by atoms with Crippen molar-refractivity contribution >= 4 is 6.03 Å². The van der Waals surface area contributed by atoms with Crippen molar-refractivity contribution in [3.8, 4) is 11.5 Å². The largest absolute Gasteiger partial charge is 0.490 e. The van der Waals surface area contributed by atoms with Crippen LogP contribution in [0.2, 0.25) is 0 Å². The molecule has 17 heavy (non-hydrogen) atoms. The quantitative estimate of drug-likeness (QED) is 0.813. The van der Waals surface area contributed by atoms with E-state index in [2.05, 4.69) is 10.6 Å². The van der Waals surface area contributed by atoms with Gasteiger partial charge in [0.1, 0.15) is 0 Å². The van der Waals surface area contributed by atoms with Gasteiger partial charge >= 0.3 is 6.03 Å². The lowest BCUT2D eigenvalue weighted by atomic mass is 10.2. The molecular weight excluding hydrogens is 220 g/mol. The zero-order valence-corrected chi connectivity index (χ0v) is 9.79. The number of benzene rings is 1. The van der Waals surface area contributed by atoms with E-state index in [1.807, 2.05) is 18.2 Å². The molecule has 0 spiro atoms. The molecule has 0 radical (unpaired) electrons. The molecule has 1 aromatic rings. The van der Waals surface area contributed by atoms with E-state index >= 15 is 0 Å². The average molecular weight is 236 g/mol. The van der Waals surface area contributed by atoms with Crippen molar-refractivity contribution in [1.29, 1.82) is 0 Å². The van der Waals surface area contributed by atoms with Crippen LogP contribution in [0.15, 0.2) is 18.2 Å². The van der Waals surface area contributed by atoms with Crippen LogP contribution in [0.25, 0.3) is 0 Å². The highest BCUT2D eigenvalue weighted by Crippen LogP contribution is 2.30. The third-order valence-corrected chi connectivity index (χ3v) is 2.49. The van der Waals surface area contributed by atoms with Gasteiger partial charge in [-0.2, -0.15) is 0 Å². The molecule has 1 aliphatic rings. The van der Waals surface area contributed by atoms with E-state index in [9.17, 15) is 4.79 Å². The van der Waals surface area contributed by atoms with Gasteiger partial charge in [0.25, 0.3) is 0 Å². The number of nitrogens with one attached hydrogen (secondary N) is 2. The molecule has 2 rings (SSSR count). The first-order valence-electron chi connectivity index (χ1n) is 5.63. The zero-order valence-electron chi connectivity index (χ0n) is 9.79. The lowest BCUT2D eigenvalue weighted by Crippen LogP contribution is -2.32. The molecule has 2 N–H and O–H groups in total. The number of urea groups is 1. The van der Waals surface area contributed by atoms with Crippen molar-refractivity contribution in [1.82, 2.24) is 10.6 Å². The maximum Gasteiger partial charge on any atom is 0.314 e. The van der Waals surface area contributed by atoms with Gasteiger partial charge in [-0.05, 0) is 17.7 Å². The highest BCUT2D eigenvalue weighted by molar-refractivity contribution is 5.73. The van der Waals surface area contributed by atoms with Crippen LogP contribution in [0.4, 0.5) is 4.79 Å². The Morgan fingerprint density at radius 1 is 1.29 bits per heavy atom. The summed E-state index contributed by atoms with van der Waals surface area (Å²) in [7, 11) is 1.59. The summed E-state index contributed by atoms with van der Waals surface area (Å²) in [6.45, 7) is 1.82. The predicted octanol–water partition coefficient (Wildman–Crippen LogP) is 1.28. The van der Waals surface area contributed by atoms with Gasteiger partial charge in [-0.25, -0.2) is 4.79 Å². The van der Waals surface area contributed by atoms with Crippen LogP contribution in [0.5, 0.6) is 11.5 Å². The summed E-state index contributed by atoms with van der Waals surface area (Å²) >= 11 is 0.